The predicted octanol–water partition coefficient (Wildman–Crippen LogP) is 2.00. The largest absolute Gasteiger partial charge is 0.385 e. The molecule has 2 N–H and O–H groups in total. The molecule has 0 bridgehead atoms. The Bertz CT molecular complexity index is 668. The molecule has 1 fully saturated rings. The van der Waals surface area contributed by atoms with E-state index in [1.165, 1.54) is 23.5 Å². The van der Waals surface area contributed by atoms with Crippen LogP contribution in [-0.4, -0.2) is 47.1 Å². The van der Waals surface area contributed by atoms with Crippen LogP contribution >= 0.6 is 11.3 Å². The van der Waals surface area contributed by atoms with E-state index < -0.39 is 5.60 Å². The van der Waals surface area contributed by atoms with Crippen LogP contribution < -0.4 is 5.32 Å². The summed E-state index contributed by atoms with van der Waals surface area (Å²) in [6, 6.07) is 6.07. The van der Waals surface area contributed by atoms with Crippen LogP contribution in [0.3, 0.4) is 0 Å². The monoisotopic (exact) mass is 349 g/mol. The highest BCUT2D eigenvalue weighted by Gasteiger charge is 2.33. The molecule has 1 aromatic carbocycles. The molecule has 24 heavy (non-hydrogen) atoms. The standard InChI is InChI=1S/C17H20FN3O2S/c18-14-3-1-13(2-4-14)17(23)5-8-21(9-6-17)10-7-19-16(22)15-11-24-12-20-15/h1-4,11-12,23H,5-10H2,(H,19,22). The van der Waals surface area contributed by atoms with Gasteiger partial charge in [0.15, 0.2) is 0 Å². The SMILES string of the molecule is O=C(NCCN1CCC(O)(c2ccc(F)cc2)CC1)c1cscn1. The maximum atomic E-state index is 13.0. The molecule has 0 atom stereocenters. The molecule has 1 aliphatic heterocycles. The number of nitrogens with zero attached hydrogens (tertiary/aromatic N) is 2. The van der Waals surface area contributed by atoms with Gasteiger partial charge in [0.05, 0.1) is 11.1 Å². The third-order valence-electron chi connectivity index (χ3n) is 4.44. The van der Waals surface area contributed by atoms with Crippen molar-refractivity contribution in [2.24, 2.45) is 0 Å². The van der Waals surface area contributed by atoms with E-state index in [2.05, 4.69) is 15.2 Å². The van der Waals surface area contributed by atoms with Gasteiger partial charge in [-0.1, -0.05) is 12.1 Å². The summed E-state index contributed by atoms with van der Waals surface area (Å²) in [4.78, 5) is 18.0. The molecule has 5 nitrogen and oxygen atoms in total. The average Bonchev–Trinajstić information content (AvgIpc) is 3.12. The number of likely N-dealkylation sites (tertiary alicyclic amines) is 1. The van der Waals surface area contributed by atoms with Gasteiger partial charge in [-0.25, -0.2) is 9.37 Å². The molecular formula is C17H20FN3O2S. The number of piperidine rings is 1. The van der Waals surface area contributed by atoms with Gasteiger partial charge in [0.2, 0.25) is 0 Å². The summed E-state index contributed by atoms with van der Waals surface area (Å²) in [7, 11) is 0. The number of benzene rings is 1. The zero-order valence-corrected chi connectivity index (χ0v) is 14.1. The van der Waals surface area contributed by atoms with Crippen molar-refractivity contribution in [3.8, 4) is 0 Å². The number of carbonyl (C=O) groups is 1. The molecule has 1 saturated heterocycles. The van der Waals surface area contributed by atoms with Crippen LogP contribution in [0.1, 0.15) is 28.9 Å². The van der Waals surface area contributed by atoms with Gasteiger partial charge in [-0.05, 0) is 30.5 Å². The fourth-order valence-electron chi connectivity index (χ4n) is 2.94. The van der Waals surface area contributed by atoms with Crippen molar-refractivity contribution in [3.05, 3.63) is 52.2 Å². The second-order valence-electron chi connectivity index (χ2n) is 6.01. The Morgan fingerprint density at radius 3 is 2.67 bits per heavy atom. The van der Waals surface area contributed by atoms with Crippen molar-refractivity contribution in [2.45, 2.75) is 18.4 Å². The first-order valence-corrected chi connectivity index (χ1v) is 8.88. The van der Waals surface area contributed by atoms with Gasteiger partial charge in [0, 0.05) is 31.6 Å². The van der Waals surface area contributed by atoms with Crippen LogP contribution in [-0.2, 0) is 5.60 Å². The van der Waals surface area contributed by atoms with Crippen LogP contribution in [0.25, 0.3) is 0 Å². The number of hydrogen-bond donors (Lipinski definition) is 2. The summed E-state index contributed by atoms with van der Waals surface area (Å²) in [5, 5.41) is 15.3. The molecule has 1 amide bonds. The number of aliphatic hydroxyl groups is 1. The second kappa shape index (κ2) is 7.38. The van der Waals surface area contributed by atoms with Crippen molar-refractivity contribution in [1.82, 2.24) is 15.2 Å². The van der Waals surface area contributed by atoms with Crippen LogP contribution in [0.4, 0.5) is 4.39 Å². The first-order chi connectivity index (χ1) is 11.6. The topological polar surface area (TPSA) is 65.5 Å². The summed E-state index contributed by atoms with van der Waals surface area (Å²) in [6.07, 6.45) is 1.19. The van der Waals surface area contributed by atoms with Crippen molar-refractivity contribution in [2.75, 3.05) is 26.2 Å². The third-order valence-corrected chi connectivity index (χ3v) is 5.03. The highest BCUT2D eigenvalue weighted by molar-refractivity contribution is 7.07. The number of rotatable bonds is 5. The number of carbonyl (C=O) groups excluding carboxylic acids is 1. The van der Waals surface area contributed by atoms with Gasteiger partial charge in [-0.2, -0.15) is 0 Å². The summed E-state index contributed by atoms with van der Waals surface area (Å²) < 4.78 is 13.0. The molecule has 1 aromatic heterocycles. The molecule has 0 spiro atoms. The molecule has 1 aliphatic rings. The number of thiazole rings is 1. The highest BCUT2D eigenvalue weighted by atomic mass is 32.1. The molecule has 2 heterocycles. The van der Waals surface area contributed by atoms with Crippen molar-refractivity contribution in [1.29, 1.82) is 0 Å². The van der Waals surface area contributed by atoms with Gasteiger partial charge in [-0.3, -0.25) is 4.79 Å². The van der Waals surface area contributed by atoms with E-state index in [0.29, 0.717) is 25.1 Å². The summed E-state index contributed by atoms with van der Waals surface area (Å²) >= 11 is 1.39. The Labute approximate surface area is 144 Å². The van der Waals surface area contributed by atoms with Crippen LogP contribution in [0.15, 0.2) is 35.2 Å². The van der Waals surface area contributed by atoms with Crippen LogP contribution in [0.5, 0.6) is 0 Å². The first-order valence-electron chi connectivity index (χ1n) is 7.94. The maximum Gasteiger partial charge on any atom is 0.270 e. The first kappa shape index (κ1) is 17.0. The molecular weight excluding hydrogens is 329 g/mol. The fraction of sp³-hybridized carbons (Fsp3) is 0.412. The van der Waals surface area contributed by atoms with E-state index in [1.807, 2.05) is 0 Å². The maximum absolute atomic E-state index is 13.0. The van der Waals surface area contributed by atoms with Crippen molar-refractivity contribution in [3.63, 3.8) is 0 Å². The summed E-state index contributed by atoms with van der Waals surface area (Å²) in [6.45, 7) is 2.75. The van der Waals surface area contributed by atoms with E-state index in [1.54, 1.807) is 23.0 Å². The summed E-state index contributed by atoms with van der Waals surface area (Å²) in [5.74, 6) is -0.452. The quantitative estimate of drug-likeness (QED) is 0.866. The molecule has 0 radical (unpaired) electrons. The molecule has 3 rings (SSSR count). The number of amides is 1. The van der Waals surface area contributed by atoms with Gasteiger partial charge in [0.25, 0.3) is 5.91 Å². The van der Waals surface area contributed by atoms with Gasteiger partial charge >= 0.3 is 0 Å². The van der Waals surface area contributed by atoms with Gasteiger partial charge in [0.1, 0.15) is 11.5 Å². The number of nitrogens with one attached hydrogen (secondary N) is 1. The lowest BCUT2D eigenvalue weighted by Gasteiger charge is -2.38. The molecule has 128 valence electrons. The van der Waals surface area contributed by atoms with E-state index in [-0.39, 0.29) is 11.7 Å². The minimum atomic E-state index is -0.895. The number of aromatic nitrogens is 1. The number of halogens is 1. The lowest BCUT2D eigenvalue weighted by atomic mass is 9.84. The normalized spacial score (nSPS) is 17.6. The minimum absolute atomic E-state index is 0.156. The predicted molar refractivity (Wildman–Crippen MR) is 90.4 cm³/mol. The Morgan fingerprint density at radius 2 is 2.04 bits per heavy atom. The second-order valence-corrected chi connectivity index (χ2v) is 6.73. The number of hydrogen-bond acceptors (Lipinski definition) is 5. The molecule has 0 unspecified atom stereocenters. The zero-order chi connectivity index (χ0) is 17.0. The molecule has 2 aromatic rings. The van der Waals surface area contributed by atoms with Crippen molar-refractivity contribution < 1.29 is 14.3 Å². The van der Waals surface area contributed by atoms with Crippen molar-refractivity contribution >= 4 is 17.2 Å². The summed E-state index contributed by atoms with van der Waals surface area (Å²) in [5.41, 5.74) is 1.95. The third kappa shape index (κ3) is 3.98. The Balaban J connectivity index is 1.45. The molecule has 0 aliphatic carbocycles. The molecule has 0 saturated carbocycles. The van der Waals surface area contributed by atoms with E-state index in [4.69, 9.17) is 0 Å². The van der Waals surface area contributed by atoms with E-state index in [9.17, 15) is 14.3 Å². The van der Waals surface area contributed by atoms with Crippen LogP contribution in [0.2, 0.25) is 0 Å². The van der Waals surface area contributed by atoms with E-state index in [0.717, 1.165) is 25.2 Å². The van der Waals surface area contributed by atoms with E-state index >= 15 is 0 Å². The van der Waals surface area contributed by atoms with Gasteiger partial charge in [-0.15, -0.1) is 11.3 Å². The fourth-order valence-corrected chi connectivity index (χ4v) is 3.47. The van der Waals surface area contributed by atoms with Gasteiger partial charge < -0.3 is 15.3 Å². The average molecular weight is 349 g/mol. The lowest BCUT2D eigenvalue weighted by molar-refractivity contribution is -0.0255. The Morgan fingerprint density at radius 1 is 1.33 bits per heavy atom. The lowest BCUT2D eigenvalue weighted by Crippen LogP contribution is -2.45. The Hall–Kier alpha value is -1.83. The minimum Gasteiger partial charge on any atom is -0.385 e. The zero-order valence-electron chi connectivity index (χ0n) is 13.2. The van der Waals surface area contributed by atoms with Crippen LogP contribution in [0, 0.1) is 5.82 Å². The molecule has 7 heteroatoms. The highest BCUT2D eigenvalue weighted by Crippen LogP contribution is 2.32. The Kier molecular flexibility index (Phi) is 5.23. The smallest absolute Gasteiger partial charge is 0.270 e.